The molecule has 0 unspecified atom stereocenters. The monoisotopic (exact) mass is 423 g/mol. The number of hydrogen-bond acceptors (Lipinski definition) is 5. The Kier molecular flexibility index (Phi) is 5.87. The van der Waals surface area contributed by atoms with Crippen molar-refractivity contribution in [2.45, 2.75) is 13.5 Å². The minimum atomic E-state index is -0.303. The fourth-order valence-electron chi connectivity index (χ4n) is 3.31. The van der Waals surface area contributed by atoms with Gasteiger partial charge in [0, 0.05) is 37.4 Å². The van der Waals surface area contributed by atoms with E-state index in [-0.39, 0.29) is 24.3 Å². The molecule has 0 atom stereocenters. The minimum Gasteiger partial charge on any atom is -0.337 e. The topological polar surface area (TPSA) is 96.3 Å². The summed E-state index contributed by atoms with van der Waals surface area (Å²) in [5.74, 6) is -0.122. The average Bonchev–Trinajstić information content (AvgIpc) is 3.25. The van der Waals surface area contributed by atoms with Gasteiger partial charge in [0.05, 0.1) is 0 Å². The van der Waals surface area contributed by atoms with E-state index in [1.54, 1.807) is 28.9 Å². The highest BCUT2D eigenvalue weighted by molar-refractivity contribution is 5.89. The molecule has 1 aromatic heterocycles. The Bertz CT molecular complexity index is 1080. The first-order valence-electron chi connectivity index (χ1n) is 9.93. The molecule has 3 amide bonds. The molecule has 3 aromatic rings. The Balaban J connectivity index is 1.30. The summed E-state index contributed by atoms with van der Waals surface area (Å²) in [5.41, 5.74) is 1.85. The fraction of sp³-hybridized carbons (Fsp3) is 0.286. The number of nitrogens with one attached hydrogen (secondary N) is 1. The van der Waals surface area contributed by atoms with Gasteiger partial charge in [0.1, 0.15) is 12.4 Å². The summed E-state index contributed by atoms with van der Waals surface area (Å²) >= 11 is 0. The summed E-state index contributed by atoms with van der Waals surface area (Å²) in [6.45, 7) is 3.35. The molecule has 0 saturated carbocycles. The van der Waals surface area contributed by atoms with Gasteiger partial charge in [-0.05, 0) is 48.0 Å². The van der Waals surface area contributed by atoms with E-state index in [1.165, 1.54) is 10.9 Å². The number of halogens is 1. The Morgan fingerprint density at radius 3 is 2.45 bits per heavy atom. The van der Waals surface area contributed by atoms with Gasteiger partial charge in [0.2, 0.25) is 11.7 Å². The van der Waals surface area contributed by atoms with Crippen molar-refractivity contribution in [1.82, 2.24) is 30.0 Å². The molecule has 2 heterocycles. The number of piperazine rings is 1. The first-order valence-corrected chi connectivity index (χ1v) is 9.93. The molecule has 160 valence electrons. The van der Waals surface area contributed by atoms with Crippen LogP contribution in [0, 0.1) is 12.7 Å². The van der Waals surface area contributed by atoms with Crippen LogP contribution >= 0.6 is 0 Å². The number of benzene rings is 2. The molecule has 1 aliphatic rings. The van der Waals surface area contributed by atoms with Gasteiger partial charge in [-0.15, -0.1) is 10.2 Å². The van der Waals surface area contributed by atoms with E-state index < -0.39 is 0 Å². The van der Waals surface area contributed by atoms with Gasteiger partial charge in [0.25, 0.3) is 0 Å². The quantitative estimate of drug-likeness (QED) is 0.694. The lowest BCUT2D eigenvalue weighted by Crippen LogP contribution is -2.52. The fourth-order valence-corrected chi connectivity index (χ4v) is 3.31. The molecule has 0 bridgehead atoms. The van der Waals surface area contributed by atoms with Crippen LogP contribution in [0.2, 0.25) is 0 Å². The smallest absolute Gasteiger partial charge is 0.321 e. The van der Waals surface area contributed by atoms with E-state index in [9.17, 15) is 14.0 Å². The molecule has 0 spiro atoms. The highest BCUT2D eigenvalue weighted by atomic mass is 19.1. The third kappa shape index (κ3) is 4.85. The van der Waals surface area contributed by atoms with Crippen molar-refractivity contribution in [2.75, 3.05) is 31.5 Å². The lowest BCUT2D eigenvalue weighted by atomic mass is 10.1. The summed E-state index contributed by atoms with van der Waals surface area (Å²) in [7, 11) is 0. The number of carbonyl (C=O) groups is 2. The number of rotatable bonds is 4. The summed E-state index contributed by atoms with van der Waals surface area (Å²) in [4.78, 5) is 29.6. The summed E-state index contributed by atoms with van der Waals surface area (Å²) in [6.07, 6.45) is 0. The van der Waals surface area contributed by atoms with Crippen LogP contribution < -0.4 is 5.32 Å². The van der Waals surface area contributed by atoms with Crippen molar-refractivity contribution in [3.8, 4) is 11.4 Å². The number of para-hydroxylation sites is 1. The lowest BCUT2D eigenvalue weighted by molar-refractivity contribution is -0.133. The number of urea groups is 1. The summed E-state index contributed by atoms with van der Waals surface area (Å²) < 4.78 is 13.4. The van der Waals surface area contributed by atoms with Crippen LogP contribution in [0.5, 0.6) is 0 Å². The second-order valence-corrected chi connectivity index (χ2v) is 7.27. The molecular formula is C21H22FN7O2. The van der Waals surface area contributed by atoms with Crippen molar-refractivity contribution < 1.29 is 14.0 Å². The van der Waals surface area contributed by atoms with E-state index in [4.69, 9.17) is 0 Å². The first-order chi connectivity index (χ1) is 15.0. The molecule has 31 heavy (non-hydrogen) atoms. The SMILES string of the molecule is Cc1cc(-c2nnn(CC(=O)N3CCN(C(=O)Nc4ccccc4)CC3)n2)ccc1F. The van der Waals surface area contributed by atoms with E-state index in [2.05, 4.69) is 20.7 Å². The molecule has 10 heteroatoms. The Morgan fingerprint density at radius 2 is 1.74 bits per heavy atom. The zero-order valence-electron chi connectivity index (χ0n) is 17.0. The van der Waals surface area contributed by atoms with Crippen LogP contribution in [0.4, 0.5) is 14.9 Å². The molecule has 9 nitrogen and oxygen atoms in total. The van der Waals surface area contributed by atoms with Crippen molar-refractivity contribution in [3.05, 3.63) is 59.9 Å². The predicted octanol–water partition coefficient (Wildman–Crippen LogP) is 2.16. The van der Waals surface area contributed by atoms with Crippen LogP contribution in [-0.4, -0.2) is 68.1 Å². The van der Waals surface area contributed by atoms with Crippen molar-refractivity contribution in [1.29, 1.82) is 0 Å². The zero-order valence-corrected chi connectivity index (χ0v) is 17.0. The lowest BCUT2D eigenvalue weighted by Gasteiger charge is -2.34. The van der Waals surface area contributed by atoms with Gasteiger partial charge in [-0.1, -0.05) is 18.2 Å². The second-order valence-electron chi connectivity index (χ2n) is 7.27. The molecule has 1 saturated heterocycles. The average molecular weight is 423 g/mol. The number of hydrogen-bond donors (Lipinski definition) is 1. The van der Waals surface area contributed by atoms with Crippen molar-refractivity contribution >= 4 is 17.6 Å². The molecule has 1 fully saturated rings. The number of carbonyl (C=O) groups excluding carboxylic acids is 2. The standard InChI is InChI=1S/C21H22FN7O2/c1-15-13-16(7-8-18(15)22)20-24-26-29(25-20)14-19(30)27-9-11-28(12-10-27)21(31)23-17-5-3-2-4-6-17/h2-8,13H,9-12,14H2,1H3,(H,23,31). The maximum Gasteiger partial charge on any atom is 0.321 e. The molecule has 0 radical (unpaired) electrons. The third-order valence-corrected chi connectivity index (χ3v) is 5.09. The van der Waals surface area contributed by atoms with Crippen LogP contribution in [0.25, 0.3) is 11.4 Å². The van der Waals surface area contributed by atoms with E-state index in [0.29, 0.717) is 43.1 Å². The van der Waals surface area contributed by atoms with E-state index >= 15 is 0 Å². The molecule has 4 rings (SSSR count). The van der Waals surface area contributed by atoms with Crippen LogP contribution in [-0.2, 0) is 11.3 Å². The Labute approximate surface area is 178 Å². The normalized spacial score (nSPS) is 13.9. The van der Waals surface area contributed by atoms with Gasteiger partial charge >= 0.3 is 6.03 Å². The van der Waals surface area contributed by atoms with Crippen LogP contribution in [0.3, 0.4) is 0 Å². The zero-order chi connectivity index (χ0) is 21.8. The summed E-state index contributed by atoms with van der Waals surface area (Å²) in [6, 6.07) is 13.6. The molecule has 0 aliphatic carbocycles. The predicted molar refractivity (Wildman–Crippen MR) is 112 cm³/mol. The van der Waals surface area contributed by atoms with Crippen molar-refractivity contribution in [3.63, 3.8) is 0 Å². The molecule has 1 aliphatic heterocycles. The number of anilines is 1. The molecule has 1 N–H and O–H groups in total. The van der Waals surface area contributed by atoms with Crippen molar-refractivity contribution in [2.24, 2.45) is 0 Å². The molecule has 2 aromatic carbocycles. The molecular weight excluding hydrogens is 401 g/mol. The summed E-state index contributed by atoms with van der Waals surface area (Å²) in [5, 5.41) is 15.0. The first kappa shape index (κ1) is 20.5. The van der Waals surface area contributed by atoms with Gasteiger partial charge in [-0.2, -0.15) is 4.80 Å². The highest BCUT2D eigenvalue weighted by Crippen LogP contribution is 2.17. The largest absolute Gasteiger partial charge is 0.337 e. The minimum absolute atomic E-state index is 0.0522. The Morgan fingerprint density at radius 1 is 1.03 bits per heavy atom. The van der Waals surface area contributed by atoms with Crippen LogP contribution in [0.1, 0.15) is 5.56 Å². The van der Waals surface area contributed by atoms with Gasteiger partial charge in [-0.3, -0.25) is 4.79 Å². The number of aromatic nitrogens is 4. The number of nitrogens with zero attached hydrogens (tertiary/aromatic N) is 6. The maximum absolute atomic E-state index is 13.4. The van der Waals surface area contributed by atoms with Crippen LogP contribution in [0.15, 0.2) is 48.5 Å². The Hall–Kier alpha value is -3.82. The third-order valence-electron chi connectivity index (χ3n) is 5.09. The van der Waals surface area contributed by atoms with Gasteiger partial charge < -0.3 is 15.1 Å². The highest BCUT2D eigenvalue weighted by Gasteiger charge is 2.25. The number of amides is 3. The van der Waals surface area contributed by atoms with E-state index in [1.807, 2.05) is 30.3 Å². The number of tetrazole rings is 1. The maximum atomic E-state index is 13.4. The second kappa shape index (κ2) is 8.90. The van der Waals surface area contributed by atoms with E-state index in [0.717, 1.165) is 5.69 Å². The van der Waals surface area contributed by atoms with Gasteiger partial charge in [-0.25, -0.2) is 9.18 Å². The number of aryl methyl sites for hydroxylation is 1. The van der Waals surface area contributed by atoms with Gasteiger partial charge in [0.15, 0.2) is 0 Å².